The topological polar surface area (TPSA) is 70.6 Å². The molecule has 0 heterocycles. The third kappa shape index (κ3) is 6.61. The Labute approximate surface area is 103 Å². The number of ether oxygens (including phenoxy) is 1. The van der Waals surface area contributed by atoms with Crippen LogP contribution in [0.5, 0.6) is 0 Å². The van der Waals surface area contributed by atoms with Gasteiger partial charge in [-0.15, -0.1) is 0 Å². The first-order valence-electron chi connectivity index (χ1n) is 6.36. The maximum atomic E-state index is 11.3. The van der Waals surface area contributed by atoms with Gasteiger partial charge in [-0.2, -0.15) is 0 Å². The molecule has 100 valence electrons. The molecule has 5 heteroatoms. The maximum absolute atomic E-state index is 11.3. The minimum absolute atomic E-state index is 0.0119. The largest absolute Gasteiger partial charge is 0.393 e. The Balaban J connectivity index is 1.97. The van der Waals surface area contributed by atoms with Gasteiger partial charge < -0.3 is 20.5 Å². The Hall–Kier alpha value is -0.650. The second-order valence-electron chi connectivity index (χ2n) is 4.65. The molecular weight excluding hydrogens is 220 g/mol. The first-order valence-corrected chi connectivity index (χ1v) is 6.36. The lowest BCUT2D eigenvalue weighted by atomic mass is 9.87. The second kappa shape index (κ2) is 8.44. The third-order valence-corrected chi connectivity index (χ3v) is 3.16. The summed E-state index contributed by atoms with van der Waals surface area (Å²) in [5.41, 5.74) is 0. The number of methoxy groups -OCH3 is 1. The normalized spacial score (nSPS) is 24.6. The highest BCUT2D eigenvalue weighted by atomic mass is 16.5. The fourth-order valence-electron chi connectivity index (χ4n) is 2.09. The number of rotatable bonds is 7. The van der Waals surface area contributed by atoms with E-state index in [0.717, 1.165) is 32.2 Å². The van der Waals surface area contributed by atoms with Crippen LogP contribution in [0.1, 0.15) is 25.7 Å². The highest BCUT2D eigenvalue weighted by Crippen LogP contribution is 2.23. The van der Waals surface area contributed by atoms with Crippen LogP contribution in [0.25, 0.3) is 0 Å². The van der Waals surface area contributed by atoms with Gasteiger partial charge in [-0.3, -0.25) is 4.79 Å². The molecule has 0 unspecified atom stereocenters. The minimum Gasteiger partial charge on any atom is -0.393 e. The van der Waals surface area contributed by atoms with Gasteiger partial charge >= 0.3 is 0 Å². The molecule has 5 nitrogen and oxygen atoms in total. The zero-order valence-electron chi connectivity index (χ0n) is 10.6. The SMILES string of the molecule is COCCNC(=O)CNCC1CCC(O)CC1. The second-order valence-corrected chi connectivity index (χ2v) is 4.65. The van der Waals surface area contributed by atoms with Gasteiger partial charge in [0.15, 0.2) is 0 Å². The van der Waals surface area contributed by atoms with Crippen LogP contribution >= 0.6 is 0 Å². The quantitative estimate of drug-likeness (QED) is 0.547. The van der Waals surface area contributed by atoms with Crippen molar-refractivity contribution in [3.05, 3.63) is 0 Å². The van der Waals surface area contributed by atoms with E-state index in [9.17, 15) is 9.90 Å². The van der Waals surface area contributed by atoms with Crippen LogP contribution in [-0.2, 0) is 9.53 Å². The van der Waals surface area contributed by atoms with Crippen molar-refractivity contribution in [1.29, 1.82) is 0 Å². The zero-order chi connectivity index (χ0) is 12.5. The number of aliphatic hydroxyl groups is 1. The molecule has 0 atom stereocenters. The summed E-state index contributed by atoms with van der Waals surface area (Å²) in [5.74, 6) is 0.614. The van der Waals surface area contributed by atoms with E-state index in [1.807, 2.05) is 0 Å². The lowest BCUT2D eigenvalue weighted by Crippen LogP contribution is -2.38. The molecule has 1 fully saturated rings. The number of hydrogen-bond acceptors (Lipinski definition) is 4. The zero-order valence-corrected chi connectivity index (χ0v) is 10.6. The summed E-state index contributed by atoms with van der Waals surface area (Å²) in [5, 5.41) is 15.3. The summed E-state index contributed by atoms with van der Waals surface area (Å²) in [7, 11) is 1.61. The van der Waals surface area contributed by atoms with E-state index in [-0.39, 0.29) is 12.0 Å². The smallest absolute Gasteiger partial charge is 0.234 e. The van der Waals surface area contributed by atoms with Gasteiger partial charge in [0.05, 0.1) is 19.3 Å². The molecule has 0 radical (unpaired) electrons. The van der Waals surface area contributed by atoms with E-state index in [2.05, 4.69) is 10.6 Å². The molecule has 0 bridgehead atoms. The van der Waals surface area contributed by atoms with Gasteiger partial charge in [0.2, 0.25) is 5.91 Å². The molecule has 17 heavy (non-hydrogen) atoms. The van der Waals surface area contributed by atoms with Crippen LogP contribution in [0.3, 0.4) is 0 Å². The predicted molar refractivity (Wildman–Crippen MR) is 65.7 cm³/mol. The molecular formula is C12H24N2O3. The molecule has 3 N–H and O–H groups in total. The van der Waals surface area contributed by atoms with Crippen LogP contribution in [-0.4, -0.2) is 50.5 Å². The van der Waals surface area contributed by atoms with E-state index in [0.29, 0.717) is 25.6 Å². The van der Waals surface area contributed by atoms with Crippen molar-refractivity contribution >= 4 is 5.91 Å². The minimum atomic E-state index is -0.108. The average molecular weight is 244 g/mol. The highest BCUT2D eigenvalue weighted by Gasteiger charge is 2.18. The molecule has 0 aromatic carbocycles. The van der Waals surface area contributed by atoms with Crippen LogP contribution in [0.15, 0.2) is 0 Å². The average Bonchev–Trinajstić information content (AvgIpc) is 2.32. The summed E-state index contributed by atoms with van der Waals surface area (Å²) < 4.78 is 4.84. The third-order valence-electron chi connectivity index (χ3n) is 3.16. The molecule has 1 aliphatic carbocycles. The highest BCUT2D eigenvalue weighted by molar-refractivity contribution is 5.77. The lowest BCUT2D eigenvalue weighted by Gasteiger charge is -2.25. The number of carbonyl (C=O) groups excluding carboxylic acids is 1. The number of carbonyl (C=O) groups is 1. The Morgan fingerprint density at radius 1 is 1.35 bits per heavy atom. The molecule has 0 spiro atoms. The van der Waals surface area contributed by atoms with Crippen molar-refractivity contribution < 1.29 is 14.6 Å². The first kappa shape index (κ1) is 14.4. The van der Waals surface area contributed by atoms with Crippen molar-refractivity contribution in [3.8, 4) is 0 Å². The van der Waals surface area contributed by atoms with Crippen LogP contribution in [0.2, 0.25) is 0 Å². The van der Waals surface area contributed by atoms with Crippen molar-refractivity contribution in [2.45, 2.75) is 31.8 Å². The van der Waals surface area contributed by atoms with Crippen molar-refractivity contribution in [2.24, 2.45) is 5.92 Å². The van der Waals surface area contributed by atoms with Gasteiger partial charge in [0.1, 0.15) is 0 Å². The summed E-state index contributed by atoms with van der Waals surface area (Å²) in [6, 6.07) is 0. The van der Waals surface area contributed by atoms with Crippen molar-refractivity contribution in [2.75, 3.05) is 33.4 Å². The summed E-state index contributed by atoms with van der Waals surface area (Å²) in [6.07, 6.45) is 3.79. The van der Waals surface area contributed by atoms with Crippen LogP contribution in [0.4, 0.5) is 0 Å². The van der Waals surface area contributed by atoms with Gasteiger partial charge in [0.25, 0.3) is 0 Å². The monoisotopic (exact) mass is 244 g/mol. The van der Waals surface area contributed by atoms with E-state index in [1.54, 1.807) is 7.11 Å². The molecule has 0 aromatic rings. The number of nitrogens with one attached hydrogen (secondary N) is 2. The van der Waals surface area contributed by atoms with Gasteiger partial charge in [-0.25, -0.2) is 0 Å². The summed E-state index contributed by atoms with van der Waals surface area (Å²) in [6.45, 7) is 2.34. The number of aliphatic hydroxyl groups excluding tert-OH is 1. The van der Waals surface area contributed by atoms with E-state index in [4.69, 9.17) is 4.74 Å². The standard InChI is InChI=1S/C12H24N2O3/c1-17-7-6-14-12(16)9-13-8-10-2-4-11(15)5-3-10/h10-11,13,15H,2-9H2,1H3,(H,14,16). The Kier molecular flexibility index (Phi) is 7.16. The van der Waals surface area contributed by atoms with E-state index >= 15 is 0 Å². The predicted octanol–water partition coefficient (Wildman–Crippen LogP) is -0.110. The first-order chi connectivity index (χ1) is 8.22. The van der Waals surface area contributed by atoms with Gasteiger partial charge in [-0.1, -0.05) is 0 Å². The van der Waals surface area contributed by atoms with Crippen LogP contribution < -0.4 is 10.6 Å². The van der Waals surface area contributed by atoms with Crippen molar-refractivity contribution in [1.82, 2.24) is 10.6 Å². The lowest BCUT2D eigenvalue weighted by molar-refractivity contribution is -0.120. The fourth-order valence-corrected chi connectivity index (χ4v) is 2.09. The van der Waals surface area contributed by atoms with Crippen LogP contribution in [0, 0.1) is 5.92 Å². The van der Waals surface area contributed by atoms with E-state index in [1.165, 1.54) is 0 Å². The fraction of sp³-hybridized carbons (Fsp3) is 0.917. The Morgan fingerprint density at radius 2 is 2.06 bits per heavy atom. The Morgan fingerprint density at radius 3 is 2.71 bits per heavy atom. The number of amides is 1. The maximum Gasteiger partial charge on any atom is 0.234 e. The Bertz CT molecular complexity index is 216. The molecule has 1 saturated carbocycles. The summed E-state index contributed by atoms with van der Waals surface area (Å²) in [4.78, 5) is 11.3. The molecule has 1 amide bonds. The van der Waals surface area contributed by atoms with Crippen molar-refractivity contribution in [3.63, 3.8) is 0 Å². The van der Waals surface area contributed by atoms with E-state index < -0.39 is 0 Å². The summed E-state index contributed by atoms with van der Waals surface area (Å²) >= 11 is 0. The van der Waals surface area contributed by atoms with Gasteiger partial charge in [0, 0.05) is 13.7 Å². The molecule has 0 aliphatic heterocycles. The number of hydrogen-bond donors (Lipinski definition) is 3. The molecule has 1 aliphatic rings. The molecule has 0 aromatic heterocycles. The molecule has 0 saturated heterocycles. The molecule has 1 rings (SSSR count). The van der Waals surface area contributed by atoms with Gasteiger partial charge in [-0.05, 0) is 38.1 Å².